The third-order valence-corrected chi connectivity index (χ3v) is 8.59. The molecule has 4 rings (SSSR count). The fraction of sp³-hybridized carbons (Fsp3) is 0.731. The number of thioether (sulfide) groups is 1. The van der Waals surface area contributed by atoms with E-state index in [-0.39, 0.29) is 17.7 Å². The fourth-order valence-electron chi connectivity index (χ4n) is 5.64. The van der Waals surface area contributed by atoms with Crippen molar-refractivity contribution in [2.45, 2.75) is 56.5 Å². The van der Waals surface area contributed by atoms with Crippen LogP contribution >= 0.6 is 11.8 Å². The Balaban J connectivity index is 1.16. The smallest absolute Gasteiger partial charge is 0.446 e. The van der Waals surface area contributed by atoms with E-state index in [0.29, 0.717) is 36.8 Å². The van der Waals surface area contributed by atoms with E-state index in [0.717, 1.165) is 89.5 Å². The van der Waals surface area contributed by atoms with Crippen LogP contribution in [0.3, 0.4) is 0 Å². The minimum Gasteiger partial charge on any atom is -0.501 e. The second-order valence-electron chi connectivity index (χ2n) is 9.99. The summed E-state index contributed by atoms with van der Waals surface area (Å²) < 4.78 is 43.2. The molecule has 0 N–H and O–H groups in total. The first kappa shape index (κ1) is 27.4. The van der Waals surface area contributed by atoms with Crippen molar-refractivity contribution in [1.82, 2.24) is 19.6 Å². The summed E-state index contributed by atoms with van der Waals surface area (Å²) in [6.45, 7) is 7.95. The predicted molar refractivity (Wildman–Crippen MR) is 137 cm³/mol. The van der Waals surface area contributed by atoms with E-state index in [1.165, 1.54) is 0 Å². The van der Waals surface area contributed by atoms with Crippen molar-refractivity contribution < 1.29 is 22.7 Å². The molecule has 10 heteroatoms. The summed E-state index contributed by atoms with van der Waals surface area (Å²) in [5.74, 6) is 1.33. The van der Waals surface area contributed by atoms with Crippen LogP contribution in [0.15, 0.2) is 34.6 Å². The Morgan fingerprint density at radius 2 is 1.83 bits per heavy atom. The lowest BCUT2D eigenvalue weighted by Gasteiger charge is -2.40. The molecule has 0 aromatic heterocycles. The van der Waals surface area contributed by atoms with Gasteiger partial charge in [0.2, 0.25) is 5.91 Å². The number of hydrogen-bond donors (Lipinski definition) is 0. The number of carbonyl (C=O) groups is 1. The molecule has 2 aliphatic heterocycles. The summed E-state index contributed by atoms with van der Waals surface area (Å²) in [7, 11) is 1.75. The average molecular weight is 529 g/mol. The highest BCUT2D eigenvalue weighted by Gasteiger charge is 2.31. The summed E-state index contributed by atoms with van der Waals surface area (Å²) in [6, 6.07) is 0.609. The zero-order chi connectivity index (χ0) is 25.5. The molecular weight excluding hydrogens is 489 g/mol. The third kappa shape index (κ3) is 7.92. The van der Waals surface area contributed by atoms with E-state index in [1.54, 1.807) is 13.2 Å². The Hall–Kier alpha value is -1.65. The zero-order valence-corrected chi connectivity index (χ0v) is 22.1. The van der Waals surface area contributed by atoms with E-state index in [4.69, 9.17) is 4.74 Å². The van der Waals surface area contributed by atoms with Crippen molar-refractivity contribution >= 4 is 17.7 Å². The molecule has 2 heterocycles. The Morgan fingerprint density at radius 1 is 1.03 bits per heavy atom. The second-order valence-corrected chi connectivity index (χ2v) is 11.2. The number of alkyl halides is 3. The number of halogens is 3. The lowest BCUT2D eigenvalue weighted by molar-refractivity contribution is -0.131. The Kier molecular flexibility index (Phi) is 9.69. The number of nitrogens with zero attached hydrogens (tertiary/aromatic N) is 4. The number of piperazine rings is 1. The van der Waals surface area contributed by atoms with E-state index in [9.17, 15) is 18.0 Å². The highest BCUT2D eigenvalue weighted by atomic mass is 32.2. The van der Waals surface area contributed by atoms with Crippen molar-refractivity contribution in [1.29, 1.82) is 0 Å². The van der Waals surface area contributed by atoms with Gasteiger partial charge in [-0.3, -0.25) is 9.69 Å². The molecule has 2 aliphatic carbocycles. The van der Waals surface area contributed by atoms with Crippen LogP contribution < -0.4 is 0 Å². The van der Waals surface area contributed by atoms with Crippen LogP contribution in [0.5, 0.6) is 0 Å². The minimum absolute atomic E-state index is 0.00836. The highest BCUT2D eigenvalue weighted by molar-refractivity contribution is 8.03. The van der Waals surface area contributed by atoms with Crippen molar-refractivity contribution in [3.63, 3.8) is 0 Å². The SMILES string of the molecule is COC1=CCC(N2CCN(CCC(=O)N3CCCN(C4=CC=C(SC(F)(F)F)CC4)CC3)CC2)CC1. The van der Waals surface area contributed by atoms with Gasteiger partial charge in [0.1, 0.15) is 0 Å². The van der Waals surface area contributed by atoms with Crippen LogP contribution in [0.4, 0.5) is 13.2 Å². The largest absolute Gasteiger partial charge is 0.501 e. The third-order valence-electron chi connectivity index (χ3n) is 7.76. The monoisotopic (exact) mass is 528 g/mol. The van der Waals surface area contributed by atoms with Crippen molar-refractivity contribution in [3.8, 4) is 0 Å². The van der Waals surface area contributed by atoms with Gasteiger partial charge in [-0.25, -0.2) is 0 Å². The molecule has 1 unspecified atom stereocenters. The van der Waals surface area contributed by atoms with Gasteiger partial charge in [0, 0.05) is 83.5 Å². The van der Waals surface area contributed by atoms with Crippen molar-refractivity contribution in [2.24, 2.45) is 0 Å². The number of ether oxygens (including phenoxy) is 1. The van der Waals surface area contributed by atoms with Gasteiger partial charge >= 0.3 is 5.51 Å². The van der Waals surface area contributed by atoms with E-state index in [1.807, 2.05) is 11.0 Å². The van der Waals surface area contributed by atoms with Crippen molar-refractivity contribution in [3.05, 3.63) is 34.6 Å². The summed E-state index contributed by atoms with van der Waals surface area (Å²) in [5, 5.41) is 0. The maximum atomic E-state index is 12.9. The minimum atomic E-state index is -4.23. The number of amides is 1. The predicted octanol–water partition coefficient (Wildman–Crippen LogP) is 4.43. The highest BCUT2D eigenvalue weighted by Crippen LogP contribution is 2.40. The fourth-order valence-corrected chi connectivity index (χ4v) is 6.27. The molecule has 0 bridgehead atoms. The van der Waals surface area contributed by atoms with E-state index in [2.05, 4.69) is 20.8 Å². The van der Waals surface area contributed by atoms with Crippen LogP contribution in [0.2, 0.25) is 0 Å². The molecular formula is C26H39F3N4O2S. The first-order valence-corrected chi connectivity index (χ1v) is 14.0. The van der Waals surface area contributed by atoms with Gasteiger partial charge in [-0.1, -0.05) is 6.08 Å². The first-order valence-electron chi connectivity index (χ1n) is 13.2. The average Bonchev–Trinajstić information content (AvgIpc) is 3.14. The molecule has 0 spiro atoms. The second kappa shape index (κ2) is 12.7. The Labute approximate surface area is 217 Å². The summed E-state index contributed by atoms with van der Waals surface area (Å²) in [4.78, 5) is 22.5. The van der Waals surface area contributed by atoms with Gasteiger partial charge in [-0.05, 0) is 60.9 Å². The van der Waals surface area contributed by atoms with E-state index < -0.39 is 5.51 Å². The maximum absolute atomic E-state index is 12.9. The molecule has 2 fully saturated rings. The molecule has 36 heavy (non-hydrogen) atoms. The van der Waals surface area contributed by atoms with Gasteiger partial charge in [-0.2, -0.15) is 13.2 Å². The topological polar surface area (TPSA) is 39.3 Å². The molecule has 0 saturated carbocycles. The molecule has 6 nitrogen and oxygen atoms in total. The Bertz CT molecular complexity index is 853. The van der Waals surface area contributed by atoms with Gasteiger partial charge in [0.15, 0.2) is 0 Å². The van der Waals surface area contributed by atoms with Crippen molar-refractivity contribution in [2.75, 3.05) is 66.0 Å². The molecule has 1 amide bonds. The summed E-state index contributed by atoms with van der Waals surface area (Å²) >= 11 is -0.00836. The lowest BCUT2D eigenvalue weighted by atomic mass is 9.98. The number of allylic oxidation sites excluding steroid dienone is 5. The number of carbonyl (C=O) groups excluding carboxylic acids is 1. The van der Waals surface area contributed by atoms with E-state index >= 15 is 0 Å². The maximum Gasteiger partial charge on any atom is 0.446 e. The molecule has 4 aliphatic rings. The van der Waals surface area contributed by atoms with Crippen LogP contribution in [0.25, 0.3) is 0 Å². The normalized spacial score (nSPS) is 25.1. The van der Waals surface area contributed by atoms with Crippen LogP contribution in [-0.4, -0.2) is 103 Å². The molecule has 2 saturated heterocycles. The van der Waals surface area contributed by atoms with Gasteiger partial charge in [0.25, 0.3) is 0 Å². The molecule has 0 aromatic carbocycles. The Morgan fingerprint density at radius 3 is 2.47 bits per heavy atom. The van der Waals surface area contributed by atoms with Gasteiger partial charge in [-0.15, -0.1) is 0 Å². The van der Waals surface area contributed by atoms with Crippen LogP contribution in [-0.2, 0) is 9.53 Å². The summed E-state index contributed by atoms with van der Waals surface area (Å²) in [5.41, 5.74) is -3.14. The molecule has 202 valence electrons. The van der Waals surface area contributed by atoms with Gasteiger partial charge < -0.3 is 19.4 Å². The first-order chi connectivity index (χ1) is 17.3. The molecule has 0 aromatic rings. The standard InChI is InChI=1S/C26H39F3N4O2S/c1-35-23-7-3-21(4-8-23)32-17-15-30(16-18-32)14-11-25(34)33-13-2-12-31(19-20-33)22-5-9-24(10-6-22)36-26(27,28)29/h5,7,9,21H,2-4,6,8,10-20H2,1H3. The summed E-state index contributed by atoms with van der Waals surface area (Å²) in [6.07, 6.45) is 11.4. The number of rotatable bonds is 7. The van der Waals surface area contributed by atoms with Gasteiger partial charge in [0.05, 0.1) is 12.9 Å². The zero-order valence-electron chi connectivity index (χ0n) is 21.3. The quantitative estimate of drug-likeness (QED) is 0.487. The number of hydrogen-bond acceptors (Lipinski definition) is 6. The van der Waals surface area contributed by atoms with Crippen LogP contribution in [0.1, 0.15) is 44.9 Å². The molecule has 0 radical (unpaired) electrons. The lowest BCUT2D eigenvalue weighted by Crippen LogP contribution is -2.51. The van der Waals surface area contributed by atoms with Crippen LogP contribution in [0, 0.1) is 0 Å². The molecule has 1 atom stereocenters. The number of methoxy groups -OCH3 is 1.